The normalized spacial score (nSPS) is 14.3. The monoisotopic (exact) mass is 273 g/mol. The number of halogens is 1. The minimum Gasteiger partial charge on any atom is -0.396 e. The first-order valence-corrected chi connectivity index (χ1v) is 6.34. The number of rotatable bonds is 5. The minimum absolute atomic E-state index is 0.0259. The summed E-state index contributed by atoms with van der Waals surface area (Å²) in [6, 6.07) is -0.0741. The Morgan fingerprint density at radius 3 is 2.56 bits per heavy atom. The molecule has 0 aliphatic rings. The van der Waals surface area contributed by atoms with Gasteiger partial charge in [-0.15, -0.1) is 0 Å². The summed E-state index contributed by atoms with van der Waals surface area (Å²) < 4.78 is 1.59. The fourth-order valence-electron chi connectivity index (χ4n) is 1.56. The first-order valence-electron chi connectivity index (χ1n) is 5.96. The number of carbonyl (C=O) groups is 1. The van der Waals surface area contributed by atoms with E-state index in [0.717, 1.165) is 11.4 Å². The SMILES string of the molecule is Cc1nn(CC(=O)NC(C)C(C)CO)c(C)c1Cl. The van der Waals surface area contributed by atoms with E-state index in [1.807, 2.05) is 20.8 Å². The molecule has 2 N–H and O–H groups in total. The lowest BCUT2D eigenvalue weighted by molar-refractivity contribution is -0.122. The molecule has 0 radical (unpaired) electrons. The van der Waals surface area contributed by atoms with E-state index >= 15 is 0 Å². The summed E-state index contributed by atoms with van der Waals surface area (Å²) in [5.41, 5.74) is 1.51. The molecule has 0 saturated carbocycles. The second-order valence-electron chi connectivity index (χ2n) is 4.66. The minimum atomic E-state index is -0.134. The predicted molar refractivity (Wildman–Crippen MR) is 70.6 cm³/mol. The third-order valence-electron chi connectivity index (χ3n) is 3.12. The fraction of sp³-hybridized carbons (Fsp3) is 0.667. The van der Waals surface area contributed by atoms with Gasteiger partial charge in [-0.3, -0.25) is 9.48 Å². The van der Waals surface area contributed by atoms with Gasteiger partial charge in [-0.25, -0.2) is 0 Å². The zero-order valence-corrected chi connectivity index (χ0v) is 12.0. The van der Waals surface area contributed by atoms with E-state index in [4.69, 9.17) is 16.7 Å². The van der Waals surface area contributed by atoms with Crippen molar-refractivity contribution in [1.29, 1.82) is 0 Å². The van der Waals surface area contributed by atoms with Crippen LogP contribution in [0.1, 0.15) is 25.2 Å². The largest absolute Gasteiger partial charge is 0.396 e. The highest BCUT2D eigenvalue weighted by atomic mass is 35.5. The first-order chi connectivity index (χ1) is 8.36. The standard InChI is InChI=1S/C12H20ClN3O2/c1-7(6-17)8(2)14-11(18)5-16-10(4)12(13)9(3)15-16/h7-8,17H,5-6H2,1-4H3,(H,14,18). The third-order valence-corrected chi connectivity index (χ3v) is 3.66. The van der Waals surface area contributed by atoms with Crippen LogP contribution >= 0.6 is 11.6 Å². The first kappa shape index (κ1) is 15.0. The van der Waals surface area contributed by atoms with E-state index in [1.165, 1.54) is 0 Å². The number of carbonyl (C=O) groups excluding carboxylic acids is 1. The molecule has 0 bridgehead atoms. The van der Waals surface area contributed by atoms with Crippen molar-refractivity contribution in [2.75, 3.05) is 6.61 Å². The summed E-state index contributed by atoms with van der Waals surface area (Å²) in [5.74, 6) is -0.108. The van der Waals surface area contributed by atoms with Crippen LogP contribution in [0.15, 0.2) is 0 Å². The van der Waals surface area contributed by atoms with Crippen molar-refractivity contribution in [3.63, 3.8) is 0 Å². The molecule has 2 unspecified atom stereocenters. The van der Waals surface area contributed by atoms with Crippen LogP contribution in [-0.4, -0.2) is 33.4 Å². The van der Waals surface area contributed by atoms with Gasteiger partial charge in [-0.05, 0) is 26.7 Å². The number of amides is 1. The molecule has 0 fully saturated rings. The average Bonchev–Trinajstić information content (AvgIpc) is 2.55. The lowest BCUT2D eigenvalue weighted by Crippen LogP contribution is -2.40. The molecule has 0 aliphatic carbocycles. The van der Waals surface area contributed by atoms with Gasteiger partial charge in [-0.2, -0.15) is 5.10 Å². The van der Waals surface area contributed by atoms with E-state index in [-0.39, 0.29) is 31.0 Å². The van der Waals surface area contributed by atoms with E-state index in [2.05, 4.69) is 10.4 Å². The van der Waals surface area contributed by atoms with Crippen molar-refractivity contribution in [2.45, 2.75) is 40.3 Å². The molecule has 18 heavy (non-hydrogen) atoms. The highest BCUT2D eigenvalue weighted by Crippen LogP contribution is 2.18. The molecule has 1 amide bonds. The molecule has 0 saturated heterocycles. The van der Waals surface area contributed by atoms with Crippen LogP contribution in [0.25, 0.3) is 0 Å². The van der Waals surface area contributed by atoms with Crippen LogP contribution < -0.4 is 5.32 Å². The maximum absolute atomic E-state index is 11.8. The Kier molecular flexibility index (Phi) is 5.16. The molecule has 1 heterocycles. The van der Waals surface area contributed by atoms with Crippen LogP contribution in [0.4, 0.5) is 0 Å². The van der Waals surface area contributed by atoms with E-state index in [0.29, 0.717) is 5.02 Å². The molecule has 1 aromatic heterocycles. The lowest BCUT2D eigenvalue weighted by Gasteiger charge is -2.19. The van der Waals surface area contributed by atoms with Crippen molar-refractivity contribution >= 4 is 17.5 Å². The van der Waals surface area contributed by atoms with Gasteiger partial charge in [0.15, 0.2) is 0 Å². The number of aliphatic hydroxyl groups is 1. The number of hydrogen-bond acceptors (Lipinski definition) is 3. The maximum atomic E-state index is 11.8. The van der Waals surface area contributed by atoms with Crippen LogP contribution in [0.3, 0.4) is 0 Å². The number of aryl methyl sites for hydroxylation is 1. The Balaban J connectivity index is 2.62. The van der Waals surface area contributed by atoms with Gasteiger partial charge in [0.1, 0.15) is 6.54 Å². The smallest absolute Gasteiger partial charge is 0.241 e. The van der Waals surface area contributed by atoms with Crippen molar-refractivity contribution < 1.29 is 9.90 Å². The van der Waals surface area contributed by atoms with Crippen molar-refractivity contribution in [3.8, 4) is 0 Å². The summed E-state index contributed by atoms with van der Waals surface area (Å²) in [5, 5.41) is 16.6. The summed E-state index contributed by atoms with van der Waals surface area (Å²) in [7, 11) is 0. The third kappa shape index (κ3) is 3.46. The number of hydrogen-bond donors (Lipinski definition) is 2. The highest BCUT2D eigenvalue weighted by Gasteiger charge is 2.16. The van der Waals surface area contributed by atoms with Crippen LogP contribution in [0.2, 0.25) is 5.02 Å². The van der Waals surface area contributed by atoms with E-state index in [9.17, 15) is 4.79 Å². The summed E-state index contributed by atoms with van der Waals surface area (Å²) >= 11 is 6.01. The molecule has 6 heteroatoms. The van der Waals surface area contributed by atoms with Gasteiger partial charge in [0.25, 0.3) is 0 Å². The van der Waals surface area contributed by atoms with Crippen LogP contribution in [-0.2, 0) is 11.3 Å². The Bertz CT molecular complexity index is 431. The van der Waals surface area contributed by atoms with Gasteiger partial charge in [-0.1, -0.05) is 18.5 Å². The summed E-state index contributed by atoms with van der Waals surface area (Å²) in [6.07, 6.45) is 0. The topological polar surface area (TPSA) is 67.2 Å². The van der Waals surface area contributed by atoms with Crippen LogP contribution in [0.5, 0.6) is 0 Å². The zero-order valence-electron chi connectivity index (χ0n) is 11.2. The molecular weight excluding hydrogens is 254 g/mol. The Morgan fingerprint density at radius 1 is 1.50 bits per heavy atom. The van der Waals surface area contributed by atoms with Crippen LogP contribution in [0, 0.1) is 19.8 Å². The van der Waals surface area contributed by atoms with E-state index < -0.39 is 0 Å². The molecule has 2 atom stereocenters. The van der Waals surface area contributed by atoms with Gasteiger partial charge in [0, 0.05) is 12.6 Å². The summed E-state index contributed by atoms with van der Waals surface area (Å²) in [6.45, 7) is 7.57. The fourth-order valence-corrected chi connectivity index (χ4v) is 1.70. The molecule has 0 aromatic carbocycles. The second kappa shape index (κ2) is 6.20. The number of nitrogens with zero attached hydrogens (tertiary/aromatic N) is 2. The van der Waals surface area contributed by atoms with Crippen molar-refractivity contribution in [2.24, 2.45) is 5.92 Å². The molecule has 1 rings (SSSR count). The summed E-state index contributed by atoms with van der Waals surface area (Å²) in [4.78, 5) is 11.8. The number of aromatic nitrogens is 2. The Morgan fingerprint density at radius 2 is 2.11 bits per heavy atom. The Labute approximate surface area is 112 Å². The van der Waals surface area contributed by atoms with Gasteiger partial charge >= 0.3 is 0 Å². The molecule has 5 nitrogen and oxygen atoms in total. The Hall–Kier alpha value is -1.07. The number of aliphatic hydroxyl groups excluding tert-OH is 1. The predicted octanol–water partition coefficient (Wildman–Crippen LogP) is 1.29. The molecule has 0 aliphatic heterocycles. The molecule has 1 aromatic rings. The quantitative estimate of drug-likeness (QED) is 0.849. The number of nitrogens with one attached hydrogen (secondary N) is 1. The van der Waals surface area contributed by atoms with Crippen molar-refractivity contribution in [1.82, 2.24) is 15.1 Å². The molecule has 0 spiro atoms. The zero-order chi connectivity index (χ0) is 13.9. The molecular formula is C12H20ClN3O2. The van der Waals surface area contributed by atoms with Crippen molar-refractivity contribution in [3.05, 3.63) is 16.4 Å². The lowest BCUT2D eigenvalue weighted by atomic mass is 10.1. The van der Waals surface area contributed by atoms with Gasteiger partial charge in [0.05, 0.1) is 16.4 Å². The highest BCUT2D eigenvalue weighted by molar-refractivity contribution is 6.31. The van der Waals surface area contributed by atoms with Gasteiger partial charge in [0.2, 0.25) is 5.91 Å². The molecule has 102 valence electrons. The maximum Gasteiger partial charge on any atom is 0.241 e. The average molecular weight is 274 g/mol. The van der Waals surface area contributed by atoms with Gasteiger partial charge < -0.3 is 10.4 Å². The second-order valence-corrected chi connectivity index (χ2v) is 5.04. The van der Waals surface area contributed by atoms with E-state index in [1.54, 1.807) is 11.6 Å².